The van der Waals surface area contributed by atoms with Crippen LogP contribution in [0.15, 0.2) is 24.3 Å². The molecular formula is C14H21NO2. The highest BCUT2D eigenvalue weighted by molar-refractivity contribution is 5.89. The minimum Gasteiger partial charge on any atom is -0.465 e. The van der Waals surface area contributed by atoms with Gasteiger partial charge in [-0.15, -0.1) is 0 Å². The molecule has 0 radical (unpaired) electrons. The van der Waals surface area contributed by atoms with Crippen LogP contribution in [0, 0.1) is 5.92 Å². The lowest BCUT2D eigenvalue weighted by Crippen LogP contribution is -2.22. The minimum atomic E-state index is -0.285. The van der Waals surface area contributed by atoms with Crippen LogP contribution in [0.5, 0.6) is 0 Å². The second kappa shape index (κ2) is 6.40. The maximum Gasteiger partial charge on any atom is 0.337 e. The number of hydrogen-bond acceptors (Lipinski definition) is 3. The highest BCUT2D eigenvalue weighted by atomic mass is 16.5. The Hall–Kier alpha value is -1.35. The summed E-state index contributed by atoms with van der Waals surface area (Å²) in [5, 5.41) is 0. The van der Waals surface area contributed by atoms with Gasteiger partial charge in [0.05, 0.1) is 12.7 Å². The third-order valence-corrected chi connectivity index (χ3v) is 2.50. The average Bonchev–Trinajstić information content (AvgIpc) is 2.28. The van der Waals surface area contributed by atoms with E-state index in [1.165, 1.54) is 12.7 Å². The summed E-state index contributed by atoms with van der Waals surface area (Å²) >= 11 is 0. The van der Waals surface area contributed by atoms with E-state index in [1.807, 2.05) is 24.3 Å². The molecule has 0 heterocycles. The van der Waals surface area contributed by atoms with Gasteiger partial charge in [-0.2, -0.15) is 0 Å². The topological polar surface area (TPSA) is 29.5 Å². The molecule has 0 N–H and O–H groups in total. The van der Waals surface area contributed by atoms with Crippen molar-refractivity contribution in [3.63, 3.8) is 0 Å². The highest BCUT2D eigenvalue weighted by Crippen LogP contribution is 2.08. The zero-order valence-electron chi connectivity index (χ0n) is 11.1. The Morgan fingerprint density at radius 3 is 2.35 bits per heavy atom. The number of carbonyl (C=O) groups is 1. The monoisotopic (exact) mass is 235 g/mol. The standard InChI is InChI=1S/C14H21NO2/c1-11(2)9-15(3)10-12-5-7-13(8-6-12)14(16)17-4/h5-8,11H,9-10H2,1-4H3. The number of esters is 1. The summed E-state index contributed by atoms with van der Waals surface area (Å²) in [5.41, 5.74) is 1.81. The lowest BCUT2D eigenvalue weighted by atomic mass is 10.1. The maximum atomic E-state index is 11.3. The molecule has 0 aliphatic rings. The quantitative estimate of drug-likeness (QED) is 0.735. The molecule has 0 atom stereocenters. The largest absolute Gasteiger partial charge is 0.465 e. The van der Waals surface area contributed by atoms with Gasteiger partial charge >= 0.3 is 5.97 Å². The first kappa shape index (κ1) is 13.7. The Morgan fingerprint density at radius 1 is 1.29 bits per heavy atom. The molecule has 1 aromatic rings. The van der Waals surface area contributed by atoms with Crippen molar-refractivity contribution < 1.29 is 9.53 Å². The summed E-state index contributed by atoms with van der Waals surface area (Å²) in [7, 11) is 3.50. The lowest BCUT2D eigenvalue weighted by Gasteiger charge is -2.18. The summed E-state index contributed by atoms with van der Waals surface area (Å²) in [6.07, 6.45) is 0. The predicted octanol–water partition coefficient (Wildman–Crippen LogP) is 2.56. The van der Waals surface area contributed by atoms with Gasteiger partial charge in [-0.05, 0) is 30.7 Å². The first-order valence-corrected chi connectivity index (χ1v) is 5.88. The first-order chi connectivity index (χ1) is 8.02. The van der Waals surface area contributed by atoms with E-state index < -0.39 is 0 Å². The summed E-state index contributed by atoms with van der Waals surface area (Å²) in [5.74, 6) is 0.376. The molecule has 0 amide bonds. The van der Waals surface area contributed by atoms with Crippen LogP contribution in [0.1, 0.15) is 29.8 Å². The van der Waals surface area contributed by atoms with E-state index in [0.29, 0.717) is 11.5 Å². The molecule has 0 saturated carbocycles. The van der Waals surface area contributed by atoms with Crippen molar-refractivity contribution >= 4 is 5.97 Å². The molecule has 0 spiro atoms. The highest BCUT2D eigenvalue weighted by Gasteiger charge is 2.06. The Labute approximate surface area is 103 Å². The Kier molecular flexibility index (Phi) is 5.16. The normalized spacial score (nSPS) is 10.9. The Balaban J connectivity index is 2.59. The fraction of sp³-hybridized carbons (Fsp3) is 0.500. The lowest BCUT2D eigenvalue weighted by molar-refractivity contribution is 0.0600. The average molecular weight is 235 g/mol. The van der Waals surface area contributed by atoms with Gasteiger partial charge in [-0.25, -0.2) is 4.79 Å². The van der Waals surface area contributed by atoms with E-state index >= 15 is 0 Å². The van der Waals surface area contributed by atoms with Gasteiger partial charge in [0, 0.05) is 13.1 Å². The number of benzene rings is 1. The molecule has 1 rings (SSSR count). The number of carbonyl (C=O) groups excluding carboxylic acids is 1. The Bertz CT molecular complexity index is 357. The van der Waals surface area contributed by atoms with Gasteiger partial charge in [0.1, 0.15) is 0 Å². The molecule has 3 nitrogen and oxygen atoms in total. The van der Waals surface area contributed by atoms with E-state index in [9.17, 15) is 4.79 Å². The van der Waals surface area contributed by atoms with Crippen molar-refractivity contribution in [2.45, 2.75) is 20.4 Å². The molecule has 94 valence electrons. The van der Waals surface area contributed by atoms with Crippen molar-refractivity contribution in [3.05, 3.63) is 35.4 Å². The summed E-state index contributed by atoms with van der Waals surface area (Å²) in [6.45, 7) is 6.38. The van der Waals surface area contributed by atoms with Gasteiger partial charge in [0.2, 0.25) is 0 Å². The van der Waals surface area contributed by atoms with Crippen LogP contribution in [-0.2, 0) is 11.3 Å². The zero-order chi connectivity index (χ0) is 12.8. The molecule has 0 aliphatic heterocycles. The van der Waals surface area contributed by atoms with Crippen LogP contribution >= 0.6 is 0 Å². The number of rotatable bonds is 5. The smallest absolute Gasteiger partial charge is 0.337 e. The summed E-state index contributed by atoms with van der Waals surface area (Å²) in [6, 6.07) is 7.57. The number of nitrogens with zero attached hydrogens (tertiary/aromatic N) is 1. The minimum absolute atomic E-state index is 0.285. The van der Waals surface area contributed by atoms with Crippen molar-refractivity contribution in [3.8, 4) is 0 Å². The molecule has 0 fully saturated rings. The van der Waals surface area contributed by atoms with E-state index in [0.717, 1.165) is 13.1 Å². The SMILES string of the molecule is COC(=O)c1ccc(CN(C)CC(C)C)cc1. The summed E-state index contributed by atoms with van der Waals surface area (Å²) < 4.78 is 4.66. The molecule has 0 unspecified atom stereocenters. The van der Waals surface area contributed by atoms with Gasteiger partial charge in [-0.3, -0.25) is 0 Å². The van der Waals surface area contributed by atoms with E-state index in [2.05, 4.69) is 30.5 Å². The van der Waals surface area contributed by atoms with Crippen LogP contribution in [-0.4, -0.2) is 31.6 Å². The molecule has 17 heavy (non-hydrogen) atoms. The molecule has 0 aliphatic carbocycles. The number of methoxy groups -OCH3 is 1. The molecule has 3 heteroatoms. The van der Waals surface area contributed by atoms with Crippen molar-refractivity contribution in [1.82, 2.24) is 4.90 Å². The fourth-order valence-electron chi connectivity index (χ4n) is 1.86. The van der Waals surface area contributed by atoms with Crippen molar-refractivity contribution in [2.24, 2.45) is 5.92 Å². The molecule has 0 aromatic heterocycles. The van der Waals surface area contributed by atoms with Crippen molar-refractivity contribution in [1.29, 1.82) is 0 Å². The van der Waals surface area contributed by atoms with Gasteiger partial charge in [0.25, 0.3) is 0 Å². The molecule has 0 saturated heterocycles. The molecule has 0 bridgehead atoms. The van der Waals surface area contributed by atoms with Gasteiger partial charge < -0.3 is 9.64 Å². The molecule has 1 aromatic carbocycles. The van der Waals surface area contributed by atoms with Crippen LogP contribution in [0.25, 0.3) is 0 Å². The number of hydrogen-bond donors (Lipinski definition) is 0. The zero-order valence-corrected chi connectivity index (χ0v) is 11.1. The number of ether oxygens (including phenoxy) is 1. The van der Waals surface area contributed by atoms with Crippen molar-refractivity contribution in [2.75, 3.05) is 20.7 Å². The molecular weight excluding hydrogens is 214 g/mol. The first-order valence-electron chi connectivity index (χ1n) is 5.88. The third-order valence-electron chi connectivity index (χ3n) is 2.50. The Morgan fingerprint density at radius 2 is 1.88 bits per heavy atom. The van der Waals surface area contributed by atoms with Crippen LogP contribution < -0.4 is 0 Å². The third kappa shape index (κ3) is 4.57. The second-order valence-corrected chi connectivity index (χ2v) is 4.78. The summed E-state index contributed by atoms with van der Waals surface area (Å²) in [4.78, 5) is 13.5. The van der Waals surface area contributed by atoms with E-state index in [-0.39, 0.29) is 5.97 Å². The fourth-order valence-corrected chi connectivity index (χ4v) is 1.86. The van der Waals surface area contributed by atoms with Gasteiger partial charge in [-0.1, -0.05) is 26.0 Å². The maximum absolute atomic E-state index is 11.3. The van der Waals surface area contributed by atoms with Gasteiger partial charge in [0.15, 0.2) is 0 Å². The van der Waals surface area contributed by atoms with E-state index in [1.54, 1.807) is 0 Å². The second-order valence-electron chi connectivity index (χ2n) is 4.78. The predicted molar refractivity (Wildman–Crippen MR) is 69.0 cm³/mol. The van der Waals surface area contributed by atoms with E-state index in [4.69, 9.17) is 0 Å². The van der Waals surface area contributed by atoms with Crippen LogP contribution in [0.3, 0.4) is 0 Å². The van der Waals surface area contributed by atoms with Crippen LogP contribution in [0.2, 0.25) is 0 Å². The van der Waals surface area contributed by atoms with Crippen LogP contribution in [0.4, 0.5) is 0 Å².